The van der Waals surface area contributed by atoms with Crippen molar-refractivity contribution in [1.29, 1.82) is 0 Å². The van der Waals surface area contributed by atoms with E-state index < -0.39 is 14.7 Å². The molecule has 324 valence electrons. The van der Waals surface area contributed by atoms with E-state index in [1.807, 2.05) is 18.2 Å². The molecule has 9 rings (SSSR count). The van der Waals surface area contributed by atoms with Crippen LogP contribution in [0.3, 0.4) is 0 Å². The van der Waals surface area contributed by atoms with Crippen LogP contribution in [-0.4, -0.2) is 68.8 Å². The van der Waals surface area contributed by atoms with Gasteiger partial charge in [0, 0.05) is 62.6 Å². The van der Waals surface area contributed by atoms with E-state index in [9.17, 15) is 14.4 Å². The molecular formula is C50H46N4O6S3Si. The zero-order valence-electron chi connectivity index (χ0n) is 35.8. The van der Waals surface area contributed by atoms with E-state index in [2.05, 4.69) is 107 Å². The Morgan fingerprint density at radius 1 is 0.828 bits per heavy atom. The van der Waals surface area contributed by atoms with E-state index in [0.717, 1.165) is 53.0 Å². The lowest BCUT2D eigenvalue weighted by molar-refractivity contribution is -0.120. The number of carbonyl (C=O) groups is 2. The van der Waals surface area contributed by atoms with Crippen LogP contribution in [0.4, 0.5) is 17.1 Å². The highest BCUT2D eigenvalue weighted by Gasteiger charge is 2.42. The van der Waals surface area contributed by atoms with Gasteiger partial charge >= 0.3 is 8.80 Å². The summed E-state index contributed by atoms with van der Waals surface area (Å²) >= 11 is 7.79. The van der Waals surface area contributed by atoms with E-state index in [1.54, 1.807) is 31.3 Å². The number of carbonyl (C=O) groups excluding carboxylic acids is 2. The monoisotopic (exact) mass is 922 g/mol. The van der Waals surface area contributed by atoms with Crippen LogP contribution >= 0.6 is 35.3 Å². The minimum Gasteiger partial charge on any atom is -0.373 e. The van der Waals surface area contributed by atoms with Crippen LogP contribution in [-0.2, 0) is 29.4 Å². The molecule has 2 aliphatic heterocycles. The summed E-state index contributed by atoms with van der Waals surface area (Å²) in [5.74, 6) is -0.379. The number of hydrogen-bond acceptors (Lipinski definition) is 10. The third kappa shape index (κ3) is 8.26. The van der Waals surface area contributed by atoms with Crippen LogP contribution < -0.4 is 30.2 Å². The largest absolute Gasteiger partial charge is 0.536 e. The standard InChI is InChI=1S/C50H46N4O6S3Si/c1-52-48(57)46(63-50(52)61)49-53(31-45(55)51-36-21-25-38(26-22-36)64(58-2,59-3)60-4)47(56)44(62-49)30-33-20-27-43-41(29-33)39-16-11-17-42(39)54(43)37-23-18-32(19-24-37)28-40(34-12-7-5-8-13-34)35-14-9-6-10-15-35/h5-10,12-15,18-30,39,42H,11,16-17,31H2,1-4H3,(H,51,55)/b44-30+,49-46+. The number of benzene rings is 5. The molecule has 1 saturated heterocycles. The van der Waals surface area contributed by atoms with Gasteiger partial charge in [0.1, 0.15) is 20.4 Å². The molecule has 2 unspecified atom stereocenters. The Labute approximate surface area is 386 Å². The Kier molecular flexibility index (Phi) is 12.5. The lowest BCUT2D eigenvalue weighted by Gasteiger charge is -2.27. The molecule has 10 nitrogen and oxygen atoms in total. The summed E-state index contributed by atoms with van der Waals surface area (Å²) in [6, 6.07) is 43.6. The molecule has 14 heteroatoms. The topological polar surface area (TPSA) is 102 Å². The van der Waals surface area contributed by atoms with Gasteiger partial charge in [-0.3, -0.25) is 23.9 Å². The normalized spacial score (nSPS) is 18.1. The van der Waals surface area contributed by atoms with Gasteiger partial charge in [-0.1, -0.05) is 121 Å². The Morgan fingerprint density at radius 2 is 1.47 bits per heavy atom. The molecular weight excluding hydrogens is 877 g/mol. The summed E-state index contributed by atoms with van der Waals surface area (Å²) in [5.41, 5.74) is 9.27. The van der Waals surface area contributed by atoms with Crippen molar-refractivity contribution in [1.82, 2.24) is 9.47 Å². The molecule has 2 fully saturated rings. The van der Waals surface area contributed by atoms with Crippen molar-refractivity contribution in [2.45, 2.75) is 37.8 Å². The van der Waals surface area contributed by atoms with E-state index in [0.29, 0.717) is 36.1 Å². The first-order valence-electron chi connectivity index (χ1n) is 21.0. The molecule has 1 aromatic heterocycles. The predicted molar refractivity (Wildman–Crippen MR) is 265 cm³/mol. The first-order chi connectivity index (χ1) is 31.1. The van der Waals surface area contributed by atoms with Gasteiger partial charge in [-0.15, -0.1) is 11.3 Å². The first-order valence-corrected chi connectivity index (χ1v) is 24.7. The molecule has 1 aliphatic carbocycles. The highest BCUT2D eigenvalue weighted by Crippen LogP contribution is 2.52. The quantitative estimate of drug-likeness (QED) is 0.0763. The van der Waals surface area contributed by atoms with Crippen molar-refractivity contribution >= 4 is 105 Å². The number of thiazole rings is 1. The number of amides is 2. The molecule has 64 heavy (non-hydrogen) atoms. The summed E-state index contributed by atoms with van der Waals surface area (Å²) in [6.07, 6.45) is 7.45. The predicted octanol–water partition coefficient (Wildman–Crippen LogP) is 7.44. The molecule has 5 aromatic carbocycles. The molecule has 3 aliphatic rings. The number of anilines is 3. The summed E-state index contributed by atoms with van der Waals surface area (Å²) in [6.45, 7) is -0.307. The number of nitrogens with one attached hydrogen (secondary N) is 1. The van der Waals surface area contributed by atoms with Crippen LogP contribution in [0.25, 0.3) is 22.6 Å². The summed E-state index contributed by atoms with van der Waals surface area (Å²) in [7, 11) is 3.14. The van der Waals surface area contributed by atoms with Crippen molar-refractivity contribution in [3.8, 4) is 0 Å². The zero-order valence-corrected chi connectivity index (χ0v) is 39.2. The van der Waals surface area contributed by atoms with Gasteiger partial charge in [0.2, 0.25) is 5.91 Å². The lowest BCUT2D eigenvalue weighted by Crippen LogP contribution is -2.54. The van der Waals surface area contributed by atoms with Gasteiger partial charge < -0.3 is 23.5 Å². The molecule has 3 heterocycles. The Hall–Kier alpha value is -5.71. The van der Waals surface area contributed by atoms with Crippen molar-refractivity contribution in [3.05, 3.63) is 175 Å². The molecule has 1 N–H and O–H groups in total. The molecule has 0 radical (unpaired) electrons. The van der Waals surface area contributed by atoms with Gasteiger partial charge in [0.25, 0.3) is 11.5 Å². The van der Waals surface area contributed by atoms with Gasteiger partial charge in [0.05, 0.1) is 4.53 Å². The minimum atomic E-state index is -3.07. The maximum atomic E-state index is 14.3. The molecule has 2 amide bonds. The van der Waals surface area contributed by atoms with Crippen molar-refractivity contribution in [2.75, 3.05) is 38.6 Å². The van der Waals surface area contributed by atoms with Crippen LogP contribution in [0.5, 0.6) is 0 Å². The average molecular weight is 923 g/mol. The number of thioether (sulfide) groups is 1. The summed E-state index contributed by atoms with van der Waals surface area (Å²) in [5, 5.41) is 3.62. The second kappa shape index (κ2) is 18.4. The van der Waals surface area contributed by atoms with Crippen molar-refractivity contribution in [2.24, 2.45) is 0 Å². The highest BCUT2D eigenvalue weighted by molar-refractivity contribution is 8.30. The smallest absolute Gasteiger partial charge is 0.373 e. The summed E-state index contributed by atoms with van der Waals surface area (Å²) in [4.78, 5) is 45.5. The molecule has 0 spiro atoms. The van der Waals surface area contributed by atoms with Crippen LogP contribution in [0.15, 0.2) is 132 Å². The average Bonchev–Trinajstić information content (AvgIpc) is 4.07. The SMILES string of the molecule is CO[Si](OC)(OC)c1ccc(NC(=O)Cn2c(=O)/c(=C\c3ccc4c(c3)C3CCCC3N4c3ccc(C=C(c4ccccc4)c4ccccc4)cc3)s/c2=C2/SC(=S)N(C)C2=O)cc1. The van der Waals surface area contributed by atoms with E-state index in [1.165, 1.54) is 70.1 Å². The maximum Gasteiger partial charge on any atom is 0.536 e. The molecule has 1 saturated carbocycles. The van der Waals surface area contributed by atoms with Gasteiger partial charge in [-0.2, -0.15) is 0 Å². The van der Waals surface area contributed by atoms with Gasteiger partial charge in [-0.25, -0.2) is 0 Å². The first kappa shape index (κ1) is 43.5. The van der Waals surface area contributed by atoms with E-state index >= 15 is 0 Å². The van der Waals surface area contributed by atoms with Gasteiger partial charge in [0.15, 0.2) is 0 Å². The third-order valence-electron chi connectivity index (χ3n) is 12.2. The van der Waals surface area contributed by atoms with E-state index in [-0.39, 0.29) is 18.0 Å². The fourth-order valence-electron chi connectivity index (χ4n) is 9.03. The minimum absolute atomic E-state index is 0.307. The highest BCUT2D eigenvalue weighted by atomic mass is 32.2. The van der Waals surface area contributed by atoms with Gasteiger partial charge in [-0.05, 0) is 94.8 Å². The fraction of sp³-hybridized carbons (Fsp3) is 0.200. The van der Waals surface area contributed by atoms with Crippen LogP contribution in [0.2, 0.25) is 0 Å². The summed E-state index contributed by atoms with van der Waals surface area (Å²) < 4.78 is 19.3. The number of rotatable bonds is 12. The van der Waals surface area contributed by atoms with Crippen molar-refractivity contribution < 1.29 is 22.9 Å². The second-order valence-electron chi connectivity index (χ2n) is 15.8. The number of aromatic nitrogens is 1. The Balaban J connectivity index is 1.02. The maximum absolute atomic E-state index is 14.3. The number of fused-ring (bicyclic) bond motifs is 3. The Morgan fingerprint density at radius 3 is 2.08 bits per heavy atom. The fourth-order valence-corrected chi connectivity index (χ4v) is 13.2. The number of thiocarbonyl (C=S) groups is 1. The third-order valence-corrected chi connectivity index (χ3v) is 17.6. The van der Waals surface area contributed by atoms with Crippen LogP contribution in [0, 0.1) is 0 Å². The number of hydrogen-bond donors (Lipinski definition) is 1. The molecule has 0 bridgehead atoms. The number of nitrogens with zero attached hydrogens (tertiary/aromatic N) is 3. The second-order valence-corrected chi connectivity index (χ2v) is 21.4. The molecule has 2 atom stereocenters. The lowest BCUT2D eigenvalue weighted by atomic mass is 9.95. The Bertz CT molecular complexity index is 2920. The van der Waals surface area contributed by atoms with Crippen LogP contribution in [0.1, 0.15) is 53.0 Å². The zero-order chi connectivity index (χ0) is 44.5. The van der Waals surface area contributed by atoms with E-state index in [4.69, 9.17) is 25.5 Å². The molecule has 6 aromatic rings. The van der Waals surface area contributed by atoms with Crippen molar-refractivity contribution in [3.63, 3.8) is 0 Å².